The summed E-state index contributed by atoms with van der Waals surface area (Å²) < 4.78 is 2.12. The standard InChI is InChI=1S/C19H25N3O/c1-14-5-4-7-15(11-14)19(23)21-10-9-17(13-21)22-18-8-3-2-6-16(18)12-20-22/h2-3,6,8,12,14-15,17H,4-5,7,9-11,13H2,1H3/t14-,15-,17+/m1/s1. The van der Waals surface area contributed by atoms with Crippen molar-refractivity contribution in [1.29, 1.82) is 0 Å². The molecule has 2 aliphatic rings. The number of amides is 1. The van der Waals surface area contributed by atoms with E-state index in [1.165, 1.54) is 23.7 Å². The van der Waals surface area contributed by atoms with Gasteiger partial charge in [0, 0.05) is 24.4 Å². The lowest BCUT2D eigenvalue weighted by atomic mass is 9.82. The van der Waals surface area contributed by atoms with Gasteiger partial charge in [-0.15, -0.1) is 0 Å². The number of benzene rings is 1. The molecule has 2 aromatic rings. The molecular formula is C19H25N3O. The Morgan fingerprint density at radius 2 is 2.09 bits per heavy atom. The van der Waals surface area contributed by atoms with Crippen LogP contribution in [-0.4, -0.2) is 33.7 Å². The highest BCUT2D eigenvalue weighted by atomic mass is 16.2. The molecule has 0 radical (unpaired) electrons. The summed E-state index contributed by atoms with van der Waals surface area (Å²) in [5.74, 6) is 1.34. The van der Waals surface area contributed by atoms with Crippen molar-refractivity contribution in [1.82, 2.24) is 14.7 Å². The van der Waals surface area contributed by atoms with Gasteiger partial charge in [0.25, 0.3) is 0 Å². The molecule has 4 rings (SSSR count). The van der Waals surface area contributed by atoms with Crippen molar-refractivity contribution in [2.24, 2.45) is 11.8 Å². The maximum absolute atomic E-state index is 12.8. The van der Waals surface area contributed by atoms with Crippen LogP contribution in [0.3, 0.4) is 0 Å². The number of carbonyl (C=O) groups excluding carboxylic acids is 1. The second kappa shape index (κ2) is 5.99. The molecule has 1 aliphatic carbocycles. The van der Waals surface area contributed by atoms with Crippen molar-refractivity contribution in [3.63, 3.8) is 0 Å². The summed E-state index contributed by atoms with van der Waals surface area (Å²) in [6.45, 7) is 3.97. The van der Waals surface area contributed by atoms with E-state index in [-0.39, 0.29) is 5.92 Å². The molecule has 3 atom stereocenters. The van der Waals surface area contributed by atoms with Crippen LogP contribution in [0.25, 0.3) is 10.9 Å². The number of rotatable bonds is 2. The largest absolute Gasteiger partial charge is 0.340 e. The van der Waals surface area contributed by atoms with Crippen molar-refractivity contribution in [2.45, 2.75) is 45.1 Å². The normalized spacial score (nSPS) is 28.4. The molecule has 0 bridgehead atoms. The van der Waals surface area contributed by atoms with E-state index in [0.717, 1.165) is 32.4 Å². The van der Waals surface area contributed by atoms with Gasteiger partial charge in [0.2, 0.25) is 5.91 Å². The SMILES string of the molecule is C[C@@H]1CCC[C@@H](C(=O)N2CC[C@H](n3ncc4ccccc43)C2)C1. The van der Waals surface area contributed by atoms with Gasteiger partial charge in [0.1, 0.15) is 0 Å². The number of fused-ring (bicyclic) bond motifs is 1. The van der Waals surface area contributed by atoms with E-state index >= 15 is 0 Å². The first-order valence-electron chi connectivity index (χ1n) is 8.93. The minimum absolute atomic E-state index is 0.256. The molecule has 4 nitrogen and oxygen atoms in total. The molecule has 0 spiro atoms. The predicted molar refractivity (Wildman–Crippen MR) is 91.1 cm³/mol. The summed E-state index contributed by atoms with van der Waals surface area (Å²) in [6.07, 6.45) is 7.59. The number of aromatic nitrogens is 2. The van der Waals surface area contributed by atoms with E-state index in [4.69, 9.17) is 0 Å². The second-order valence-corrected chi connectivity index (χ2v) is 7.34. The summed E-state index contributed by atoms with van der Waals surface area (Å²) in [5, 5.41) is 5.75. The molecule has 122 valence electrons. The van der Waals surface area contributed by atoms with Gasteiger partial charge in [-0.1, -0.05) is 38.0 Å². The quantitative estimate of drug-likeness (QED) is 0.849. The molecule has 1 saturated heterocycles. The molecule has 4 heteroatoms. The first-order valence-corrected chi connectivity index (χ1v) is 8.93. The number of carbonyl (C=O) groups is 1. The molecule has 23 heavy (non-hydrogen) atoms. The first-order chi connectivity index (χ1) is 11.2. The molecule has 2 heterocycles. The fourth-order valence-corrected chi connectivity index (χ4v) is 4.34. The van der Waals surface area contributed by atoms with E-state index in [1.807, 2.05) is 12.3 Å². The van der Waals surface area contributed by atoms with E-state index in [9.17, 15) is 4.79 Å². The van der Waals surface area contributed by atoms with Crippen molar-refractivity contribution in [2.75, 3.05) is 13.1 Å². The number of likely N-dealkylation sites (tertiary alicyclic amines) is 1. The molecule has 0 N–H and O–H groups in total. The van der Waals surface area contributed by atoms with Crippen LogP contribution in [0.4, 0.5) is 0 Å². The average Bonchev–Trinajstić information content (AvgIpc) is 3.20. The van der Waals surface area contributed by atoms with Gasteiger partial charge in [-0.25, -0.2) is 0 Å². The van der Waals surface area contributed by atoms with Crippen LogP contribution in [0, 0.1) is 11.8 Å². The van der Waals surface area contributed by atoms with E-state index in [0.29, 0.717) is 17.9 Å². The van der Waals surface area contributed by atoms with Crippen LogP contribution >= 0.6 is 0 Å². The third kappa shape index (κ3) is 2.75. The van der Waals surface area contributed by atoms with Gasteiger partial charge in [0.15, 0.2) is 0 Å². The number of para-hydroxylation sites is 1. The van der Waals surface area contributed by atoms with Crippen molar-refractivity contribution < 1.29 is 4.79 Å². The Kier molecular flexibility index (Phi) is 3.83. The Morgan fingerprint density at radius 1 is 1.22 bits per heavy atom. The Hall–Kier alpha value is -1.84. The molecular weight excluding hydrogens is 286 g/mol. The lowest BCUT2D eigenvalue weighted by Crippen LogP contribution is -2.36. The first kappa shape index (κ1) is 14.7. The van der Waals surface area contributed by atoms with Crippen LogP contribution in [0.1, 0.15) is 45.1 Å². The maximum Gasteiger partial charge on any atom is 0.225 e. The molecule has 2 fully saturated rings. The van der Waals surface area contributed by atoms with Gasteiger partial charge in [-0.2, -0.15) is 5.10 Å². The minimum atomic E-state index is 0.256. The molecule has 1 amide bonds. The Labute approximate surface area is 137 Å². The average molecular weight is 311 g/mol. The second-order valence-electron chi connectivity index (χ2n) is 7.34. The highest BCUT2D eigenvalue weighted by Gasteiger charge is 2.34. The smallest absolute Gasteiger partial charge is 0.225 e. The zero-order chi connectivity index (χ0) is 15.8. The highest BCUT2D eigenvalue weighted by molar-refractivity contribution is 5.80. The molecule has 1 saturated carbocycles. The van der Waals surface area contributed by atoms with Crippen LogP contribution < -0.4 is 0 Å². The van der Waals surface area contributed by atoms with Crippen LogP contribution in [0.15, 0.2) is 30.5 Å². The van der Waals surface area contributed by atoms with Gasteiger partial charge < -0.3 is 4.90 Å². The van der Waals surface area contributed by atoms with Gasteiger partial charge in [0.05, 0.1) is 17.8 Å². The van der Waals surface area contributed by atoms with Gasteiger partial charge >= 0.3 is 0 Å². The topological polar surface area (TPSA) is 38.1 Å². The molecule has 0 unspecified atom stereocenters. The summed E-state index contributed by atoms with van der Waals surface area (Å²) in [4.78, 5) is 14.9. The fraction of sp³-hybridized carbons (Fsp3) is 0.579. The monoisotopic (exact) mass is 311 g/mol. The third-order valence-corrected chi connectivity index (χ3v) is 5.61. The van der Waals surface area contributed by atoms with E-state index in [1.54, 1.807) is 0 Å². The van der Waals surface area contributed by atoms with Gasteiger partial charge in [-0.3, -0.25) is 9.48 Å². The van der Waals surface area contributed by atoms with Crippen LogP contribution in [0.5, 0.6) is 0 Å². The highest BCUT2D eigenvalue weighted by Crippen LogP contribution is 2.32. The third-order valence-electron chi connectivity index (χ3n) is 5.61. The predicted octanol–water partition coefficient (Wildman–Crippen LogP) is 3.64. The molecule has 1 aromatic carbocycles. The maximum atomic E-state index is 12.8. The Morgan fingerprint density at radius 3 is 2.96 bits per heavy atom. The zero-order valence-corrected chi connectivity index (χ0v) is 13.8. The molecule has 1 aliphatic heterocycles. The van der Waals surface area contributed by atoms with Crippen molar-refractivity contribution >= 4 is 16.8 Å². The van der Waals surface area contributed by atoms with Crippen LogP contribution in [-0.2, 0) is 4.79 Å². The van der Waals surface area contributed by atoms with Crippen LogP contribution in [0.2, 0.25) is 0 Å². The number of nitrogens with zero attached hydrogens (tertiary/aromatic N) is 3. The van der Waals surface area contributed by atoms with E-state index in [2.05, 4.69) is 39.8 Å². The van der Waals surface area contributed by atoms with Crippen molar-refractivity contribution in [3.8, 4) is 0 Å². The Bertz CT molecular complexity index is 707. The lowest BCUT2D eigenvalue weighted by Gasteiger charge is -2.29. The number of hydrogen-bond donors (Lipinski definition) is 0. The Balaban J connectivity index is 1.47. The lowest BCUT2D eigenvalue weighted by molar-refractivity contribution is -0.136. The molecule has 1 aromatic heterocycles. The summed E-state index contributed by atoms with van der Waals surface area (Å²) in [7, 11) is 0. The van der Waals surface area contributed by atoms with Gasteiger partial charge in [-0.05, 0) is 31.2 Å². The van der Waals surface area contributed by atoms with E-state index < -0.39 is 0 Å². The van der Waals surface area contributed by atoms with Crippen molar-refractivity contribution in [3.05, 3.63) is 30.5 Å². The minimum Gasteiger partial charge on any atom is -0.340 e. The summed E-state index contributed by atoms with van der Waals surface area (Å²) in [5.41, 5.74) is 1.18. The number of hydrogen-bond acceptors (Lipinski definition) is 2. The summed E-state index contributed by atoms with van der Waals surface area (Å²) in [6, 6.07) is 8.64. The zero-order valence-electron chi connectivity index (χ0n) is 13.8. The summed E-state index contributed by atoms with van der Waals surface area (Å²) >= 11 is 0. The fourth-order valence-electron chi connectivity index (χ4n) is 4.34.